The molecule has 3 aromatic rings. The maximum atomic E-state index is 12.4. The minimum Gasteiger partial charge on any atom is -0.287 e. The van der Waals surface area contributed by atoms with Crippen molar-refractivity contribution in [3.8, 4) is 0 Å². The third kappa shape index (κ3) is 1.77. The predicted molar refractivity (Wildman–Crippen MR) is 74.0 cm³/mol. The SMILES string of the molecule is Cn1ncc(Br)c1C(=O)c1cnc2ccsc2c1. The first kappa shape index (κ1) is 11.6. The van der Waals surface area contributed by atoms with Crippen molar-refractivity contribution in [1.82, 2.24) is 14.8 Å². The van der Waals surface area contributed by atoms with Crippen LogP contribution in [-0.4, -0.2) is 20.5 Å². The summed E-state index contributed by atoms with van der Waals surface area (Å²) in [4.78, 5) is 16.7. The van der Waals surface area contributed by atoms with E-state index in [1.807, 2.05) is 17.5 Å². The van der Waals surface area contributed by atoms with Crippen LogP contribution >= 0.6 is 27.3 Å². The smallest absolute Gasteiger partial charge is 0.213 e. The third-order valence-corrected chi connectivity index (χ3v) is 4.11. The number of nitrogens with zero attached hydrogens (tertiary/aromatic N) is 3. The molecule has 0 fully saturated rings. The molecule has 0 unspecified atom stereocenters. The molecule has 0 aliphatic heterocycles. The number of carbonyl (C=O) groups excluding carboxylic acids is 1. The molecular formula is C12H8BrN3OS. The zero-order valence-corrected chi connectivity index (χ0v) is 11.8. The Bertz CT molecular complexity index is 727. The number of ketones is 1. The maximum Gasteiger partial charge on any atom is 0.213 e. The van der Waals surface area contributed by atoms with E-state index in [1.165, 1.54) is 0 Å². The van der Waals surface area contributed by atoms with Crippen molar-refractivity contribution >= 4 is 43.3 Å². The summed E-state index contributed by atoms with van der Waals surface area (Å²) in [5.74, 6) is -0.0790. The van der Waals surface area contributed by atoms with E-state index >= 15 is 0 Å². The monoisotopic (exact) mass is 321 g/mol. The Labute approximate surface area is 115 Å². The molecular weight excluding hydrogens is 314 g/mol. The summed E-state index contributed by atoms with van der Waals surface area (Å²) in [5, 5.41) is 6.01. The predicted octanol–water partition coefficient (Wildman–Crippen LogP) is 3.02. The molecule has 0 aliphatic rings. The van der Waals surface area contributed by atoms with Crippen LogP contribution in [0.5, 0.6) is 0 Å². The molecule has 0 radical (unpaired) electrons. The van der Waals surface area contributed by atoms with Crippen LogP contribution in [0.3, 0.4) is 0 Å². The fraction of sp³-hybridized carbons (Fsp3) is 0.0833. The maximum absolute atomic E-state index is 12.4. The number of carbonyl (C=O) groups is 1. The van der Waals surface area contributed by atoms with Gasteiger partial charge in [0.25, 0.3) is 0 Å². The van der Waals surface area contributed by atoms with E-state index in [9.17, 15) is 4.79 Å². The lowest BCUT2D eigenvalue weighted by molar-refractivity contribution is 0.102. The first-order valence-corrected chi connectivity index (χ1v) is 6.89. The van der Waals surface area contributed by atoms with Crippen molar-refractivity contribution in [1.29, 1.82) is 0 Å². The molecule has 18 heavy (non-hydrogen) atoms. The molecule has 0 amide bonds. The van der Waals surface area contributed by atoms with E-state index in [1.54, 1.807) is 35.5 Å². The minimum atomic E-state index is -0.0790. The highest BCUT2D eigenvalue weighted by molar-refractivity contribution is 9.10. The van der Waals surface area contributed by atoms with E-state index in [2.05, 4.69) is 26.0 Å². The fourth-order valence-corrected chi connectivity index (χ4v) is 3.08. The number of aryl methyl sites for hydroxylation is 1. The summed E-state index contributed by atoms with van der Waals surface area (Å²) in [7, 11) is 1.75. The number of halogens is 1. The Morgan fingerprint density at radius 2 is 2.28 bits per heavy atom. The van der Waals surface area contributed by atoms with Gasteiger partial charge in [-0.15, -0.1) is 11.3 Å². The Morgan fingerprint density at radius 1 is 1.44 bits per heavy atom. The van der Waals surface area contributed by atoms with Gasteiger partial charge in [0.15, 0.2) is 0 Å². The molecule has 0 atom stereocenters. The molecule has 0 aromatic carbocycles. The molecule has 0 saturated heterocycles. The van der Waals surface area contributed by atoms with E-state index in [-0.39, 0.29) is 5.78 Å². The molecule has 0 aliphatic carbocycles. The van der Waals surface area contributed by atoms with Gasteiger partial charge in [-0.1, -0.05) is 0 Å². The van der Waals surface area contributed by atoms with Crippen molar-refractivity contribution in [2.75, 3.05) is 0 Å². The Hall–Kier alpha value is -1.53. The quantitative estimate of drug-likeness (QED) is 0.682. The van der Waals surface area contributed by atoms with Gasteiger partial charge >= 0.3 is 0 Å². The van der Waals surface area contributed by atoms with E-state index in [0.29, 0.717) is 15.7 Å². The highest BCUT2D eigenvalue weighted by Crippen LogP contribution is 2.23. The second kappa shape index (κ2) is 4.29. The lowest BCUT2D eigenvalue weighted by Crippen LogP contribution is -2.09. The fourth-order valence-electron chi connectivity index (χ4n) is 1.77. The van der Waals surface area contributed by atoms with Gasteiger partial charge in [-0.2, -0.15) is 5.10 Å². The summed E-state index contributed by atoms with van der Waals surface area (Å²) in [6.45, 7) is 0. The standard InChI is InChI=1S/C12H8BrN3OS/c1-16-11(8(13)6-15-16)12(17)7-4-10-9(14-5-7)2-3-18-10/h2-6H,1H3. The summed E-state index contributed by atoms with van der Waals surface area (Å²) in [6, 6.07) is 3.81. The molecule has 90 valence electrons. The molecule has 0 saturated carbocycles. The van der Waals surface area contributed by atoms with Crippen LogP contribution in [0.25, 0.3) is 10.2 Å². The van der Waals surface area contributed by atoms with E-state index in [0.717, 1.165) is 10.2 Å². The molecule has 3 rings (SSSR count). The second-order valence-corrected chi connectivity index (χ2v) is 5.62. The van der Waals surface area contributed by atoms with Gasteiger partial charge in [0.1, 0.15) is 5.69 Å². The molecule has 0 spiro atoms. The van der Waals surface area contributed by atoms with E-state index in [4.69, 9.17) is 0 Å². The topological polar surface area (TPSA) is 47.8 Å². The largest absolute Gasteiger partial charge is 0.287 e. The third-order valence-electron chi connectivity index (χ3n) is 2.67. The van der Waals surface area contributed by atoms with Gasteiger partial charge in [0.2, 0.25) is 5.78 Å². The highest BCUT2D eigenvalue weighted by Gasteiger charge is 2.18. The molecule has 4 nitrogen and oxygen atoms in total. The summed E-state index contributed by atoms with van der Waals surface area (Å²) < 4.78 is 3.27. The molecule has 3 heterocycles. The van der Waals surface area contributed by atoms with Crippen molar-refractivity contribution in [3.63, 3.8) is 0 Å². The zero-order chi connectivity index (χ0) is 12.7. The minimum absolute atomic E-state index is 0.0790. The lowest BCUT2D eigenvalue weighted by Gasteiger charge is -2.02. The Morgan fingerprint density at radius 3 is 3.00 bits per heavy atom. The molecule has 0 bridgehead atoms. The van der Waals surface area contributed by atoms with Gasteiger partial charge in [-0.3, -0.25) is 14.5 Å². The number of aromatic nitrogens is 3. The first-order valence-electron chi connectivity index (χ1n) is 5.22. The van der Waals surface area contributed by atoms with Crippen LogP contribution < -0.4 is 0 Å². The van der Waals surface area contributed by atoms with Gasteiger partial charge in [0.05, 0.1) is 20.9 Å². The van der Waals surface area contributed by atoms with Crippen molar-refractivity contribution in [2.45, 2.75) is 0 Å². The van der Waals surface area contributed by atoms with Crippen molar-refractivity contribution in [3.05, 3.63) is 45.6 Å². The van der Waals surface area contributed by atoms with Gasteiger partial charge < -0.3 is 0 Å². The van der Waals surface area contributed by atoms with Crippen LogP contribution in [0.15, 0.2) is 34.4 Å². The Balaban J connectivity index is 2.11. The van der Waals surface area contributed by atoms with Crippen LogP contribution in [0, 0.1) is 0 Å². The van der Waals surface area contributed by atoms with E-state index < -0.39 is 0 Å². The number of fused-ring (bicyclic) bond motifs is 1. The van der Waals surface area contributed by atoms with Crippen molar-refractivity contribution in [2.24, 2.45) is 7.05 Å². The average Bonchev–Trinajstić information content (AvgIpc) is 2.94. The first-order chi connectivity index (χ1) is 8.66. The second-order valence-electron chi connectivity index (χ2n) is 3.82. The lowest BCUT2D eigenvalue weighted by atomic mass is 10.1. The summed E-state index contributed by atoms with van der Waals surface area (Å²) in [6.07, 6.45) is 3.22. The number of pyridine rings is 1. The molecule has 0 N–H and O–H groups in total. The summed E-state index contributed by atoms with van der Waals surface area (Å²) >= 11 is 4.91. The average molecular weight is 322 g/mol. The van der Waals surface area contributed by atoms with Crippen LogP contribution in [0.1, 0.15) is 16.1 Å². The number of rotatable bonds is 2. The Kier molecular flexibility index (Phi) is 2.76. The zero-order valence-electron chi connectivity index (χ0n) is 9.42. The number of thiophene rings is 1. The van der Waals surface area contributed by atoms with Crippen LogP contribution in [0.2, 0.25) is 0 Å². The number of hydrogen-bond acceptors (Lipinski definition) is 4. The summed E-state index contributed by atoms with van der Waals surface area (Å²) in [5.41, 5.74) is 2.03. The van der Waals surface area contributed by atoms with Gasteiger partial charge in [-0.25, -0.2) is 0 Å². The van der Waals surface area contributed by atoms with Crippen molar-refractivity contribution < 1.29 is 4.79 Å². The normalized spacial score (nSPS) is 11.0. The van der Waals surface area contributed by atoms with Crippen LogP contribution in [0.4, 0.5) is 0 Å². The highest BCUT2D eigenvalue weighted by atomic mass is 79.9. The number of hydrogen-bond donors (Lipinski definition) is 0. The van der Waals surface area contributed by atoms with Gasteiger partial charge in [-0.05, 0) is 33.4 Å². The van der Waals surface area contributed by atoms with Gasteiger partial charge in [0, 0.05) is 18.8 Å². The molecule has 3 aromatic heterocycles. The molecule has 6 heteroatoms. The van der Waals surface area contributed by atoms with Crippen LogP contribution in [-0.2, 0) is 7.05 Å².